The number of nitro groups is 1. The fraction of sp³-hybridized carbons (Fsp3) is 0.231. The Morgan fingerprint density at radius 1 is 1.48 bits per heavy atom. The molecule has 8 heteroatoms. The van der Waals surface area contributed by atoms with Crippen LogP contribution in [-0.4, -0.2) is 27.6 Å². The smallest absolute Gasteiger partial charge is 0.360 e. The molecular formula is C13H14N4O4. The van der Waals surface area contributed by atoms with Crippen molar-refractivity contribution in [3.63, 3.8) is 0 Å². The van der Waals surface area contributed by atoms with Gasteiger partial charge in [-0.1, -0.05) is 18.2 Å². The lowest BCUT2D eigenvalue weighted by Gasteiger charge is -2.08. The number of carbonyl (C=O) groups excluding carboxylic acids is 1. The lowest BCUT2D eigenvalue weighted by molar-refractivity contribution is -0.385. The van der Waals surface area contributed by atoms with Gasteiger partial charge in [-0.15, -0.1) is 0 Å². The highest BCUT2D eigenvalue weighted by molar-refractivity contribution is 5.92. The second-order valence-electron chi connectivity index (χ2n) is 4.36. The number of nitrogens with zero attached hydrogens (tertiary/aromatic N) is 3. The lowest BCUT2D eigenvalue weighted by Crippen LogP contribution is -2.10. The summed E-state index contributed by atoms with van der Waals surface area (Å²) in [6.45, 7) is 1.82. The topological polar surface area (TPSA) is 113 Å². The molecule has 21 heavy (non-hydrogen) atoms. The minimum absolute atomic E-state index is 0.00795. The molecule has 0 saturated carbocycles. The third-order valence-electron chi connectivity index (χ3n) is 3.09. The van der Waals surface area contributed by atoms with Crippen LogP contribution in [0.2, 0.25) is 0 Å². The fourth-order valence-electron chi connectivity index (χ4n) is 2.02. The first-order chi connectivity index (χ1) is 9.95. The molecule has 0 bridgehead atoms. The zero-order valence-electron chi connectivity index (χ0n) is 11.6. The van der Waals surface area contributed by atoms with Gasteiger partial charge >= 0.3 is 5.97 Å². The average Bonchev–Trinajstić information content (AvgIpc) is 2.75. The maximum atomic E-state index is 11.5. The van der Waals surface area contributed by atoms with Gasteiger partial charge in [0.05, 0.1) is 18.6 Å². The predicted molar refractivity (Wildman–Crippen MR) is 74.9 cm³/mol. The van der Waals surface area contributed by atoms with Gasteiger partial charge in [0.1, 0.15) is 11.6 Å². The molecule has 1 aromatic heterocycles. The third-order valence-corrected chi connectivity index (χ3v) is 3.09. The number of hydrogen-bond acceptors (Lipinski definition) is 6. The summed E-state index contributed by atoms with van der Waals surface area (Å²) in [4.78, 5) is 26.1. The van der Waals surface area contributed by atoms with Gasteiger partial charge in [0.2, 0.25) is 0 Å². The van der Waals surface area contributed by atoms with E-state index in [0.29, 0.717) is 11.4 Å². The minimum Gasteiger partial charge on any atom is -0.464 e. The molecule has 0 aliphatic carbocycles. The van der Waals surface area contributed by atoms with Crippen molar-refractivity contribution in [2.45, 2.75) is 13.5 Å². The number of ether oxygens (including phenoxy) is 1. The number of rotatable bonds is 4. The van der Waals surface area contributed by atoms with Crippen molar-refractivity contribution in [2.24, 2.45) is 0 Å². The van der Waals surface area contributed by atoms with Crippen molar-refractivity contribution in [1.82, 2.24) is 9.55 Å². The number of methoxy groups -OCH3 is 1. The maximum Gasteiger partial charge on any atom is 0.360 e. The van der Waals surface area contributed by atoms with Gasteiger partial charge in [0.25, 0.3) is 5.69 Å². The number of nitrogen functional groups attached to an aromatic ring is 1. The molecule has 2 N–H and O–H groups in total. The van der Waals surface area contributed by atoms with Crippen LogP contribution in [0.3, 0.4) is 0 Å². The van der Waals surface area contributed by atoms with Crippen molar-refractivity contribution < 1.29 is 14.5 Å². The molecule has 0 aliphatic heterocycles. The monoisotopic (exact) mass is 290 g/mol. The third kappa shape index (κ3) is 2.69. The van der Waals surface area contributed by atoms with E-state index >= 15 is 0 Å². The van der Waals surface area contributed by atoms with E-state index in [4.69, 9.17) is 5.73 Å². The molecule has 0 radical (unpaired) electrons. The highest BCUT2D eigenvalue weighted by Crippen LogP contribution is 2.22. The standard InChI is InChI=1S/C13H14N4O4/c1-8-15-11(13(18)21-2)12(14)16(8)7-9-5-3-4-6-10(9)17(19)20/h3-6H,7,14H2,1-2H3. The zero-order chi connectivity index (χ0) is 15.6. The Morgan fingerprint density at radius 2 is 2.14 bits per heavy atom. The number of benzene rings is 1. The Labute approximate surface area is 120 Å². The van der Waals surface area contributed by atoms with E-state index in [0.717, 1.165) is 0 Å². The van der Waals surface area contributed by atoms with Gasteiger partial charge < -0.3 is 15.0 Å². The summed E-state index contributed by atoms with van der Waals surface area (Å²) in [5.74, 6) is -0.0412. The molecule has 0 unspecified atom stereocenters. The van der Waals surface area contributed by atoms with E-state index < -0.39 is 10.9 Å². The number of nitro benzene ring substituents is 1. The van der Waals surface area contributed by atoms with Crippen molar-refractivity contribution in [1.29, 1.82) is 0 Å². The lowest BCUT2D eigenvalue weighted by atomic mass is 10.2. The molecule has 0 saturated heterocycles. The highest BCUT2D eigenvalue weighted by atomic mass is 16.6. The Balaban J connectivity index is 2.44. The van der Waals surface area contributed by atoms with Gasteiger partial charge in [-0.25, -0.2) is 9.78 Å². The van der Waals surface area contributed by atoms with Crippen LogP contribution in [0.4, 0.5) is 11.5 Å². The molecular weight excluding hydrogens is 276 g/mol. The molecule has 0 aliphatic rings. The first kappa shape index (κ1) is 14.5. The van der Waals surface area contributed by atoms with Crippen molar-refractivity contribution in [3.8, 4) is 0 Å². The molecule has 2 rings (SSSR count). The van der Waals surface area contributed by atoms with E-state index in [9.17, 15) is 14.9 Å². The normalized spacial score (nSPS) is 10.4. The highest BCUT2D eigenvalue weighted by Gasteiger charge is 2.21. The number of nitrogens with two attached hydrogens (primary N) is 1. The van der Waals surface area contributed by atoms with E-state index in [1.807, 2.05) is 0 Å². The first-order valence-electron chi connectivity index (χ1n) is 6.09. The summed E-state index contributed by atoms with van der Waals surface area (Å²) in [6.07, 6.45) is 0. The summed E-state index contributed by atoms with van der Waals surface area (Å²) in [5, 5.41) is 11.0. The van der Waals surface area contributed by atoms with Crippen LogP contribution >= 0.6 is 0 Å². The van der Waals surface area contributed by atoms with Crippen molar-refractivity contribution in [2.75, 3.05) is 12.8 Å². The molecule has 2 aromatic rings. The molecule has 8 nitrogen and oxygen atoms in total. The summed E-state index contributed by atoms with van der Waals surface area (Å²) in [5.41, 5.74) is 6.36. The average molecular weight is 290 g/mol. The Morgan fingerprint density at radius 3 is 2.76 bits per heavy atom. The summed E-state index contributed by atoms with van der Waals surface area (Å²) in [7, 11) is 1.23. The number of anilines is 1. The summed E-state index contributed by atoms with van der Waals surface area (Å²) >= 11 is 0. The van der Waals surface area contributed by atoms with Crippen LogP contribution in [0.15, 0.2) is 24.3 Å². The van der Waals surface area contributed by atoms with E-state index in [-0.39, 0.29) is 23.7 Å². The van der Waals surface area contributed by atoms with Crippen LogP contribution in [0.25, 0.3) is 0 Å². The van der Waals surface area contributed by atoms with E-state index in [1.165, 1.54) is 17.7 Å². The largest absolute Gasteiger partial charge is 0.464 e. The number of para-hydroxylation sites is 1. The quantitative estimate of drug-likeness (QED) is 0.518. The first-order valence-corrected chi connectivity index (χ1v) is 6.09. The number of hydrogen-bond donors (Lipinski definition) is 1. The van der Waals surface area contributed by atoms with Crippen molar-refractivity contribution in [3.05, 3.63) is 51.5 Å². The number of imidazole rings is 1. The number of esters is 1. The summed E-state index contributed by atoms with van der Waals surface area (Å²) < 4.78 is 6.13. The number of aromatic nitrogens is 2. The van der Waals surface area contributed by atoms with Crippen LogP contribution in [-0.2, 0) is 11.3 Å². The Bertz CT molecular complexity index is 708. The minimum atomic E-state index is -0.642. The Kier molecular flexibility index (Phi) is 3.88. The van der Waals surface area contributed by atoms with Gasteiger partial charge in [0.15, 0.2) is 5.69 Å². The zero-order valence-corrected chi connectivity index (χ0v) is 11.6. The molecule has 1 aromatic carbocycles. The van der Waals surface area contributed by atoms with Crippen molar-refractivity contribution >= 4 is 17.5 Å². The molecule has 0 amide bonds. The molecule has 0 atom stereocenters. The van der Waals surface area contributed by atoms with E-state index in [1.54, 1.807) is 25.1 Å². The van der Waals surface area contributed by atoms with Crippen LogP contribution in [0.5, 0.6) is 0 Å². The number of aryl methyl sites for hydroxylation is 1. The maximum absolute atomic E-state index is 11.5. The molecule has 0 spiro atoms. The fourth-order valence-corrected chi connectivity index (χ4v) is 2.02. The predicted octanol–water partition coefficient (Wildman–Crippen LogP) is 1.52. The molecule has 0 fully saturated rings. The second-order valence-corrected chi connectivity index (χ2v) is 4.36. The molecule has 1 heterocycles. The van der Waals surface area contributed by atoms with Gasteiger partial charge in [-0.3, -0.25) is 10.1 Å². The van der Waals surface area contributed by atoms with Gasteiger partial charge in [0, 0.05) is 11.6 Å². The number of carbonyl (C=O) groups is 1. The molecule has 110 valence electrons. The van der Waals surface area contributed by atoms with Gasteiger partial charge in [-0.2, -0.15) is 0 Å². The van der Waals surface area contributed by atoms with E-state index in [2.05, 4.69) is 9.72 Å². The van der Waals surface area contributed by atoms with Crippen LogP contribution < -0.4 is 5.73 Å². The van der Waals surface area contributed by atoms with Crippen LogP contribution in [0.1, 0.15) is 21.9 Å². The SMILES string of the molecule is COC(=O)c1nc(C)n(Cc2ccccc2[N+](=O)[O-])c1N. The van der Waals surface area contributed by atoms with Crippen LogP contribution in [0, 0.1) is 17.0 Å². The van der Waals surface area contributed by atoms with Gasteiger partial charge in [-0.05, 0) is 6.92 Å². The summed E-state index contributed by atoms with van der Waals surface area (Å²) in [6, 6.07) is 6.34. The Hall–Kier alpha value is -2.90. The second kappa shape index (κ2) is 5.61.